The van der Waals surface area contributed by atoms with E-state index in [1.54, 1.807) is 18.2 Å². The van der Waals surface area contributed by atoms with E-state index in [1.165, 1.54) is 0 Å². The Kier molecular flexibility index (Phi) is 4.92. The lowest BCUT2D eigenvalue weighted by molar-refractivity contribution is -0.116. The van der Waals surface area contributed by atoms with Crippen LogP contribution in [-0.4, -0.2) is 19.3 Å². The van der Waals surface area contributed by atoms with Gasteiger partial charge in [0.15, 0.2) is 11.5 Å². The molecule has 0 aliphatic carbocycles. The highest BCUT2D eigenvalue weighted by Crippen LogP contribution is 2.34. The molecule has 0 atom stereocenters. The number of carbonyl (C=O) groups excluding carboxylic acids is 1. The van der Waals surface area contributed by atoms with Crippen LogP contribution in [0.3, 0.4) is 0 Å². The molecule has 0 unspecified atom stereocenters. The van der Waals surface area contributed by atoms with E-state index < -0.39 is 0 Å². The SMILES string of the molecule is O=C(CCOc1ccccc1-c1ccccc1)Nc1ccc2c(c1)OCO2. The zero-order chi connectivity index (χ0) is 18.5. The Bertz CT molecular complexity index is 940. The molecule has 0 bridgehead atoms. The van der Waals surface area contributed by atoms with E-state index in [4.69, 9.17) is 14.2 Å². The van der Waals surface area contributed by atoms with Gasteiger partial charge in [-0.15, -0.1) is 0 Å². The molecule has 1 N–H and O–H groups in total. The van der Waals surface area contributed by atoms with Gasteiger partial charge in [-0.3, -0.25) is 4.79 Å². The molecule has 136 valence electrons. The van der Waals surface area contributed by atoms with Crippen molar-refractivity contribution in [1.29, 1.82) is 0 Å². The number of amides is 1. The minimum Gasteiger partial charge on any atom is -0.492 e. The minimum atomic E-state index is -0.119. The summed E-state index contributed by atoms with van der Waals surface area (Å²) >= 11 is 0. The Hall–Kier alpha value is -3.47. The standard InChI is InChI=1S/C22H19NO4/c24-22(23-17-10-11-20-21(14-17)27-15-26-20)12-13-25-19-9-5-4-8-18(19)16-6-2-1-3-7-16/h1-11,14H,12-13,15H2,(H,23,24). The van der Waals surface area contributed by atoms with Gasteiger partial charge in [0.2, 0.25) is 12.7 Å². The van der Waals surface area contributed by atoms with Crippen LogP contribution in [-0.2, 0) is 4.79 Å². The molecule has 27 heavy (non-hydrogen) atoms. The predicted octanol–water partition coefficient (Wildman–Crippen LogP) is 4.49. The monoisotopic (exact) mass is 361 g/mol. The second-order valence-electron chi connectivity index (χ2n) is 6.08. The minimum absolute atomic E-state index is 0.119. The van der Waals surface area contributed by atoms with Gasteiger partial charge in [0.05, 0.1) is 13.0 Å². The van der Waals surface area contributed by atoms with Gasteiger partial charge in [-0.1, -0.05) is 48.5 Å². The van der Waals surface area contributed by atoms with Crippen LogP contribution in [0.25, 0.3) is 11.1 Å². The van der Waals surface area contributed by atoms with Crippen molar-refractivity contribution in [2.75, 3.05) is 18.7 Å². The lowest BCUT2D eigenvalue weighted by Gasteiger charge is -2.12. The maximum absolute atomic E-state index is 12.2. The molecule has 0 fully saturated rings. The van der Waals surface area contributed by atoms with Crippen LogP contribution in [0, 0.1) is 0 Å². The molecule has 1 heterocycles. The third kappa shape index (κ3) is 4.03. The highest BCUT2D eigenvalue weighted by molar-refractivity contribution is 5.91. The van der Waals surface area contributed by atoms with Crippen molar-refractivity contribution in [3.05, 3.63) is 72.8 Å². The number of nitrogens with one attached hydrogen (secondary N) is 1. The summed E-state index contributed by atoms with van der Waals surface area (Å²) in [5.74, 6) is 1.97. The third-order valence-electron chi connectivity index (χ3n) is 4.21. The Balaban J connectivity index is 1.34. The van der Waals surface area contributed by atoms with E-state index in [-0.39, 0.29) is 19.1 Å². The normalized spacial score (nSPS) is 11.9. The first kappa shape index (κ1) is 17.0. The van der Waals surface area contributed by atoms with Crippen LogP contribution in [0.5, 0.6) is 17.2 Å². The second kappa shape index (κ2) is 7.83. The van der Waals surface area contributed by atoms with Crippen molar-refractivity contribution in [2.24, 2.45) is 0 Å². The summed E-state index contributed by atoms with van der Waals surface area (Å²) in [7, 11) is 0. The van der Waals surface area contributed by atoms with Crippen LogP contribution in [0.15, 0.2) is 72.8 Å². The highest BCUT2D eigenvalue weighted by atomic mass is 16.7. The molecule has 3 aromatic rings. The smallest absolute Gasteiger partial charge is 0.231 e. The lowest BCUT2D eigenvalue weighted by atomic mass is 10.1. The van der Waals surface area contributed by atoms with Gasteiger partial charge >= 0.3 is 0 Å². The molecule has 3 aromatic carbocycles. The van der Waals surface area contributed by atoms with Crippen LogP contribution in [0.1, 0.15) is 6.42 Å². The highest BCUT2D eigenvalue weighted by Gasteiger charge is 2.14. The quantitative estimate of drug-likeness (QED) is 0.703. The molecule has 0 radical (unpaired) electrons. The van der Waals surface area contributed by atoms with Crippen molar-refractivity contribution in [1.82, 2.24) is 0 Å². The fourth-order valence-electron chi connectivity index (χ4n) is 2.90. The van der Waals surface area contributed by atoms with Gasteiger partial charge in [-0.05, 0) is 23.8 Å². The number of carbonyl (C=O) groups is 1. The molecule has 0 aromatic heterocycles. The summed E-state index contributed by atoms with van der Waals surface area (Å²) in [5.41, 5.74) is 2.76. The van der Waals surface area contributed by atoms with Gasteiger partial charge in [0.25, 0.3) is 0 Å². The summed E-state index contributed by atoms with van der Waals surface area (Å²) in [6.07, 6.45) is 0.248. The Morgan fingerprint density at radius 3 is 2.59 bits per heavy atom. The summed E-state index contributed by atoms with van der Waals surface area (Å²) in [6.45, 7) is 0.502. The van der Waals surface area contributed by atoms with Crippen LogP contribution >= 0.6 is 0 Å². The molecule has 0 saturated carbocycles. The van der Waals surface area contributed by atoms with Crippen molar-refractivity contribution >= 4 is 11.6 Å². The van der Waals surface area contributed by atoms with E-state index >= 15 is 0 Å². The molecule has 4 rings (SSSR count). The molecule has 5 heteroatoms. The number of para-hydroxylation sites is 1. The van der Waals surface area contributed by atoms with E-state index in [0.717, 1.165) is 16.9 Å². The first-order chi connectivity index (χ1) is 13.3. The topological polar surface area (TPSA) is 56.8 Å². The molecule has 5 nitrogen and oxygen atoms in total. The predicted molar refractivity (Wildman–Crippen MR) is 103 cm³/mol. The summed E-state index contributed by atoms with van der Waals surface area (Å²) in [5, 5.41) is 2.85. The van der Waals surface area contributed by atoms with Crippen LogP contribution < -0.4 is 19.5 Å². The van der Waals surface area contributed by atoms with E-state index in [0.29, 0.717) is 23.8 Å². The molecule has 1 aliphatic rings. The molecular weight excluding hydrogens is 342 g/mol. The Morgan fingerprint density at radius 1 is 0.926 bits per heavy atom. The average Bonchev–Trinajstić information content (AvgIpc) is 3.17. The van der Waals surface area contributed by atoms with Crippen molar-refractivity contribution in [3.8, 4) is 28.4 Å². The van der Waals surface area contributed by atoms with Gasteiger partial charge in [0, 0.05) is 17.3 Å². The molecular formula is C22H19NO4. The van der Waals surface area contributed by atoms with Crippen molar-refractivity contribution < 1.29 is 19.0 Å². The van der Waals surface area contributed by atoms with Crippen molar-refractivity contribution in [3.63, 3.8) is 0 Å². The molecule has 0 saturated heterocycles. The fourth-order valence-corrected chi connectivity index (χ4v) is 2.90. The number of fused-ring (bicyclic) bond motifs is 1. The van der Waals surface area contributed by atoms with E-state index in [9.17, 15) is 4.79 Å². The summed E-state index contributed by atoms with van der Waals surface area (Å²) in [4.78, 5) is 12.2. The van der Waals surface area contributed by atoms with Gasteiger partial charge in [0.1, 0.15) is 5.75 Å². The zero-order valence-electron chi connectivity index (χ0n) is 14.7. The second-order valence-corrected chi connectivity index (χ2v) is 6.08. The number of rotatable bonds is 6. The molecule has 1 amide bonds. The third-order valence-corrected chi connectivity index (χ3v) is 4.21. The number of hydrogen-bond donors (Lipinski definition) is 1. The van der Waals surface area contributed by atoms with Crippen LogP contribution in [0.2, 0.25) is 0 Å². The largest absolute Gasteiger partial charge is 0.492 e. The molecule has 0 spiro atoms. The summed E-state index contributed by atoms with van der Waals surface area (Å²) in [6, 6.07) is 23.2. The zero-order valence-corrected chi connectivity index (χ0v) is 14.7. The van der Waals surface area contributed by atoms with E-state index in [1.807, 2.05) is 54.6 Å². The first-order valence-electron chi connectivity index (χ1n) is 8.76. The maximum atomic E-state index is 12.2. The lowest BCUT2D eigenvalue weighted by Crippen LogP contribution is -2.15. The Morgan fingerprint density at radius 2 is 1.70 bits per heavy atom. The number of anilines is 1. The number of ether oxygens (including phenoxy) is 3. The van der Waals surface area contributed by atoms with Crippen molar-refractivity contribution in [2.45, 2.75) is 6.42 Å². The number of hydrogen-bond acceptors (Lipinski definition) is 4. The molecule has 1 aliphatic heterocycles. The average molecular weight is 361 g/mol. The van der Waals surface area contributed by atoms with Gasteiger partial charge in [-0.2, -0.15) is 0 Å². The van der Waals surface area contributed by atoms with Gasteiger partial charge in [-0.25, -0.2) is 0 Å². The maximum Gasteiger partial charge on any atom is 0.231 e. The number of benzene rings is 3. The van der Waals surface area contributed by atoms with Crippen LogP contribution in [0.4, 0.5) is 5.69 Å². The van der Waals surface area contributed by atoms with E-state index in [2.05, 4.69) is 5.32 Å². The Labute approximate surface area is 157 Å². The summed E-state index contributed by atoms with van der Waals surface area (Å²) < 4.78 is 16.5. The first-order valence-corrected chi connectivity index (χ1v) is 8.76. The van der Waals surface area contributed by atoms with Gasteiger partial charge < -0.3 is 19.5 Å². The fraction of sp³-hybridized carbons (Fsp3) is 0.136.